The summed E-state index contributed by atoms with van der Waals surface area (Å²) in [4.78, 5) is 12.4. The molecule has 0 aliphatic heterocycles. The highest BCUT2D eigenvalue weighted by atomic mass is 32.2. The van der Waals surface area contributed by atoms with Gasteiger partial charge in [-0.15, -0.1) is 10.2 Å². The van der Waals surface area contributed by atoms with Crippen molar-refractivity contribution in [2.24, 2.45) is 11.1 Å². The summed E-state index contributed by atoms with van der Waals surface area (Å²) < 4.78 is 30.8. The zero-order valence-corrected chi connectivity index (χ0v) is 20.1. The summed E-state index contributed by atoms with van der Waals surface area (Å²) in [5, 5.41) is 17.0. The fraction of sp³-hybridized carbons (Fsp3) is 0.318. The number of nitrogens with zero attached hydrogens (tertiary/aromatic N) is 3. The summed E-state index contributed by atoms with van der Waals surface area (Å²) in [7, 11) is -3.85. The molecular weight excluding hydrogens is 462 g/mol. The second kappa shape index (κ2) is 11.3. The number of nitrogens with one attached hydrogen (secondary N) is 1. The van der Waals surface area contributed by atoms with E-state index in [0.717, 1.165) is 12.2 Å². The average molecular weight is 490 g/mol. The first-order chi connectivity index (χ1) is 15.7. The lowest BCUT2D eigenvalue weighted by Crippen LogP contribution is -2.16. The Morgan fingerprint density at radius 3 is 2.61 bits per heavy atom. The third kappa shape index (κ3) is 7.58. The maximum absolute atomic E-state index is 12.4. The van der Waals surface area contributed by atoms with E-state index in [1.807, 2.05) is 34.9 Å². The van der Waals surface area contributed by atoms with Gasteiger partial charge < -0.3 is 14.6 Å². The topological polar surface area (TPSA) is 129 Å². The molecule has 2 aromatic carbocycles. The number of carbonyl (C=O) groups excluding carboxylic acids is 1. The molecule has 0 atom stereocenters. The SMILES string of the molecule is CC(C)CCn1c(COc2ccccc2)nnc1SCC(=O)Nc1cccc(S(N)(=O)=O)c1. The Morgan fingerprint density at radius 1 is 1.15 bits per heavy atom. The Bertz CT molecular complexity index is 1180. The smallest absolute Gasteiger partial charge is 0.238 e. The van der Waals surface area contributed by atoms with E-state index in [0.29, 0.717) is 29.1 Å². The Balaban J connectivity index is 1.65. The Kier molecular flexibility index (Phi) is 8.48. The number of hydrogen-bond donors (Lipinski definition) is 2. The molecule has 0 bridgehead atoms. The number of thioether (sulfide) groups is 1. The molecule has 1 aromatic heterocycles. The molecule has 9 nitrogen and oxygen atoms in total. The lowest BCUT2D eigenvalue weighted by molar-refractivity contribution is -0.113. The first-order valence-electron chi connectivity index (χ1n) is 10.4. The number of ether oxygens (including phenoxy) is 1. The molecular formula is C22H27N5O4S2. The number of hydrogen-bond acceptors (Lipinski definition) is 7. The first kappa shape index (κ1) is 24.7. The largest absolute Gasteiger partial charge is 0.486 e. The van der Waals surface area contributed by atoms with Gasteiger partial charge >= 0.3 is 0 Å². The van der Waals surface area contributed by atoms with Crippen LogP contribution in [0, 0.1) is 5.92 Å². The number of primary sulfonamides is 1. The van der Waals surface area contributed by atoms with Gasteiger partial charge in [-0.2, -0.15) is 0 Å². The molecule has 0 saturated carbocycles. The van der Waals surface area contributed by atoms with Crippen LogP contribution >= 0.6 is 11.8 Å². The van der Waals surface area contributed by atoms with Crippen molar-refractivity contribution < 1.29 is 17.9 Å². The van der Waals surface area contributed by atoms with Gasteiger partial charge in [0, 0.05) is 12.2 Å². The van der Waals surface area contributed by atoms with Crippen molar-refractivity contribution in [3.63, 3.8) is 0 Å². The quantitative estimate of drug-likeness (QED) is 0.395. The average Bonchev–Trinajstić information content (AvgIpc) is 3.17. The number of benzene rings is 2. The van der Waals surface area contributed by atoms with E-state index in [-0.39, 0.29) is 23.2 Å². The molecule has 0 saturated heterocycles. The van der Waals surface area contributed by atoms with Crippen LogP contribution in [-0.2, 0) is 28.0 Å². The lowest BCUT2D eigenvalue weighted by atomic mass is 10.1. The van der Waals surface area contributed by atoms with Crippen LogP contribution in [0.25, 0.3) is 0 Å². The van der Waals surface area contributed by atoms with E-state index in [1.165, 1.54) is 30.0 Å². The van der Waals surface area contributed by atoms with Gasteiger partial charge in [-0.25, -0.2) is 13.6 Å². The van der Waals surface area contributed by atoms with E-state index < -0.39 is 10.0 Å². The van der Waals surface area contributed by atoms with Crippen molar-refractivity contribution in [3.05, 3.63) is 60.4 Å². The minimum Gasteiger partial charge on any atom is -0.486 e. The standard InChI is InChI=1S/C22H27N5O4S2/c1-16(2)11-12-27-20(14-31-18-8-4-3-5-9-18)25-26-22(27)32-15-21(28)24-17-7-6-10-19(13-17)33(23,29)30/h3-10,13,16H,11-12,14-15H2,1-2H3,(H,24,28)(H2,23,29,30). The summed E-state index contributed by atoms with van der Waals surface area (Å²) in [6, 6.07) is 15.3. The summed E-state index contributed by atoms with van der Waals surface area (Å²) in [5.74, 6) is 1.70. The van der Waals surface area contributed by atoms with Gasteiger partial charge in [0.2, 0.25) is 15.9 Å². The number of nitrogens with two attached hydrogens (primary N) is 1. The van der Waals surface area contributed by atoms with E-state index in [1.54, 1.807) is 6.07 Å². The third-order valence-electron chi connectivity index (χ3n) is 4.61. The number of amides is 1. The minimum atomic E-state index is -3.85. The van der Waals surface area contributed by atoms with Crippen LogP contribution in [0.15, 0.2) is 64.6 Å². The number of carbonyl (C=O) groups is 1. The summed E-state index contributed by atoms with van der Waals surface area (Å²) in [5.41, 5.74) is 0.352. The fourth-order valence-electron chi connectivity index (χ4n) is 2.89. The highest BCUT2D eigenvalue weighted by molar-refractivity contribution is 7.99. The summed E-state index contributed by atoms with van der Waals surface area (Å²) in [6.45, 7) is 5.25. The monoisotopic (exact) mass is 489 g/mol. The zero-order chi connectivity index (χ0) is 23.8. The predicted molar refractivity (Wildman–Crippen MR) is 127 cm³/mol. The number of anilines is 1. The first-order valence-corrected chi connectivity index (χ1v) is 12.9. The van der Waals surface area contributed by atoms with Crippen LogP contribution in [-0.4, -0.2) is 34.8 Å². The third-order valence-corrected chi connectivity index (χ3v) is 6.49. The second-order valence-corrected chi connectivity index (χ2v) is 10.2. The molecule has 3 rings (SSSR count). The molecule has 3 N–H and O–H groups in total. The number of aromatic nitrogens is 3. The van der Waals surface area contributed by atoms with E-state index in [2.05, 4.69) is 29.4 Å². The molecule has 1 amide bonds. The second-order valence-electron chi connectivity index (χ2n) is 7.74. The van der Waals surface area contributed by atoms with E-state index in [9.17, 15) is 13.2 Å². The van der Waals surface area contributed by atoms with Crippen molar-refractivity contribution in [1.82, 2.24) is 14.8 Å². The van der Waals surface area contributed by atoms with Crippen LogP contribution in [0.2, 0.25) is 0 Å². The fourth-order valence-corrected chi connectivity index (χ4v) is 4.23. The van der Waals surface area contributed by atoms with Gasteiger partial charge in [0.1, 0.15) is 12.4 Å². The Labute approximate surface area is 197 Å². The molecule has 0 aliphatic carbocycles. The van der Waals surface area contributed by atoms with Gasteiger partial charge in [0.25, 0.3) is 0 Å². The van der Waals surface area contributed by atoms with Gasteiger partial charge in [0.15, 0.2) is 11.0 Å². The van der Waals surface area contributed by atoms with Gasteiger partial charge in [0.05, 0.1) is 10.6 Å². The molecule has 0 spiro atoms. The van der Waals surface area contributed by atoms with Crippen LogP contribution in [0.3, 0.4) is 0 Å². The van der Waals surface area contributed by atoms with Crippen molar-refractivity contribution in [3.8, 4) is 5.75 Å². The number of sulfonamides is 1. The Morgan fingerprint density at radius 2 is 1.91 bits per heavy atom. The molecule has 3 aromatic rings. The maximum Gasteiger partial charge on any atom is 0.238 e. The zero-order valence-electron chi connectivity index (χ0n) is 18.5. The normalized spacial score (nSPS) is 11.5. The molecule has 176 valence electrons. The van der Waals surface area contributed by atoms with E-state index in [4.69, 9.17) is 9.88 Å². The maximum atomic E-state index is 12.4. The van der Waals surface area contributed by atoms with Crippen LogP contribution in [0.5, 0.6) is 5.75 Å². The minimum absolute atomic E-state index is 0.0653. The predicted octanol–water partition coefficient (Wildman–Crippen LogP) is 3.28. The van der Waals surface area contributed by atoms with Crippen molar-refractivity contribution in [2.75, 3.05) is 11.1 Å². The summed E-state index contributed by atoms with van der Waals surface area (Å²) >= 11 is 1.26. The van der Waals surface area contributed by atoms with Crippen LogP contribution < -0.4 is 15.2 Å². The van der Waals surface area contributed by atoms with Crippen LogP contribution in [0.1, 0.15) is 26.1 Å². The highest BCUT2D eigenvalue weighted by Gasteiger charge is 2.16. The van der Waals surface area contributed by atoms with Crippen molar-refractivity contribution >= 4 is 33.4 Å². The van der Waals surface area contributed by atoms with Crippen molar-refractivity contribution in [1.29, 1.82) is 0 Å². The van der Waals surface area contributed by atoms with Gasteiger partial charge in [-0.05, 0) is 42.7 Å². The molecule has 1 heterocycles. The summed E-state index contributed by atoms with van der Waals surface area (Å²) in [6.07, 6.45) is 0.927. The van der Waals surface area contributed by atoms with Gasteiger partial charge in [-0.3, -0.25) is 4.79 Å². The van der Waals surface area contributed by atoms with E-state index >= 15 is 0 Å². The number of para-hydroxylation sites is 1. The highest BCUT2D eigenvalue weighted by Crippen LogP contribution is 2.21. The molecule has 11 heteroatoms. The Hall–Kier alpha value is -2.89. The molecule has 0 unspecified atom stereocenters. The van der Waals surface area contributed by atoms with Gasteiger partial charge in [-0.1, -0.05) is 49.9 Å². The van der Waals surface area contributed by atoms with Crippen molar-refractivity contribution in [2.45, 2.75) is 43.5 Å². The van der Waals surface area contributed by atoms with Crippen LogP contribution in [0.4, 0.5) is 5.69 Å². The number of rotatable bonds is 11. The molecule has 0 aliphatic rings. The molecule has 0 radical (unpaired) electrons. The molecule has 33 heavy (non-hydrogen) atoms. The molecule has 0 fully saturated rings. The lowest BCUT2D eigenvalue weighted by Gasteiger charge is -2.12.